The van der Waals surface area contributed by atoms with Gasteiger partial charge in [-0.25, -0.2) is 9.97 Å². The molecule has 0 spiro atoms. The number of hydrogen-bond acceptors (Lipinski definition) is 7. The molecule has 0 saturated carbocycles. The van der Waals surface area contributed by atoms with Crippen LogP contribution in [-0.2, 0) is 7.05 Å². The highest BCUT2D eigenvalue weighted by Gasteiger charge is 2.17. The first kappa shape index (κ1) is 20.8. The number of fused-ring (bicyclic) bond motifs is 1. The number of methoxy groups -OCH3 is 1. The first-order chi connectivity index (χ1) is 16.1. The Morgan fingerprint density at radius 2 is 2.09 bits per heavy atom. The minimum atomic E-state index is 0.147. The number of anilines is 2. The van der Waals surface area contributed by atoms with Gasteiger partial charge in [0.15, 0.2) is 0 Å². The Kier molecular flexibility index (Phi) is 5.55. The van der Waals surface area contributed by atoms with E-state index in [0.717, 1.165) is 53.0 Å². The molecule has 2 aromatic heterocycles. The van der Waals surface area contributed by atoms with Crippen molar-refractivity contribution in [2.24, 2.45) is 7.05 Å². The Bertz CT molecular complexity index is 1350. The third kappa shape index (κ3) is 4.45. The van der Waals surface area contributed by atoms with E-state index in [9.17, 15) is 0 Å². The summed E-state index contributed by atoms with van der Waals surface area (Å²) in [7, 11) is 3.50. The molecular weight excluding hydrogens is 416 g/mol. The van der Waals surface area contributed by atoms with Crippen molar-refractivity contribution < 1.29 is 9.47 Å². The van der Waals surface area contributed by atoms with Crippen molar-refractivity contribution in [3.63, 3.8) is 0 Å². The summed E-state index contributed by atoms with van der Waals surface area (Å²) in [6.45, 7) is 1.80. The van der Waals surface area contributed by atoms with Crippen molar-refractivity contribution in [1.82, 2.24) is 25.1 Å². The Morgan fingerprint density at radius 3 is 2.82 bits per heavy atom. The van der Waals surface area contributed by atoms with Gasteiger partial charge >= 0.3 is 0 Å². The molecule has 8 heteroatoms. The molecule has 0 amide bonds. The molecule has 2 N–H and O–H groups in total. The zero-order valence-corrected chi connectivity index (χ0v) is 18.5. The molecule has 166 valence electrons. The van der Waals surface area contributed by atoms with Gasteiger partial charge in [0.2, 0.25) is 5.95 Å². The average molecular weight is 441 g/mol. The number of rotatable bonds is 6. The lowest BCUT2D eigenvalue weighted by molar-refractivity contribution is 0.223. The quantitative estimate of drug-likeness (QED) is 0.444. The van der Waals surface area contributed by atoms with E-state index in [1.54, 1.807) is 24.1 Å². The maximum Gasteiger partial charge on any atom is 0.227 e. The summed E-state index contributed by atoms with van der Waals surface area (Å²) in [5.41, 5.74) is 4.21. The molecule has 1 atom stereocenters. The van der Waals surface area contributed by atoms with Crippen LogP contribution in [0.4, 0.5) is 11.6 Å². The number of aryl methyl sites for hydroxylation is 1. The van der Waals surface area contributed by atoms with Crippen LogP contribution in [-0.4, -0.2) is 46.1 Å². The van der Waals surface area contributed by atoms with Gasteiger partial charge < -0.3 is 20.1 Å². The highest BCUT2D eigenvalue weighted by atomic mass is 16.5. The second-order valence-electron chi connectivity index (χ2n) is 7.96. The van der Waals surface area contributed by atoms with Crippen molar-refractivity contribution in [1.29, 1.82) is 0 Å². The van der Waals surface area contributed by atoms with E-state index < -0.39 is 0 Å². The average Bonchev–Trinajstić information content (AvgIpc) is 3.50. The number of ether oxygens (including phenoxy) is 2. The maximum absolute atomic E-state index is 6.25. The number of nitrogens with one attached hydrogen (secondary N) is 2. The van der Waals surface area contributed by atoms with Crippen LogP contribution >= 0.6 is 0 Å². The summed E-state index contributed by atoms with van der Waals surface area (Å²) in [5.74, 6) is 4.47. The summed E-state index contributed by atoms with van der Waals surface area (Å²) in [4.78, 5) is 9.15. The number of hydrogen-bond donors (Lipinski definition) is 2. The molecule has 3 heterocycles. The van der Waals surface area contributed by atoms with Crippen LogP contribution < -0.4 is 20.1 Å². The van der Waals surface area contributed by atoms with Crippen LogP contribution in [0.25, 0.3) is 22.0 Å². The summed E-state index contributed by atoms with van der Waals surface area (Å²) in [6.07, 6.45) is 12.2. The molecule has 8 nitrogen and oxygen atoms in total. The molecule has 1 aliphatic rings. The lowest BCUT2D eigenvalue weighted by Gasteiger charge is -2.16. The van der Waals surface area contributed by atoms with Gasteiger partial charge in [-0.2, -0.15) is 5.10 Å². The van der Waals surface area contributed by atoms with E-state index in [-0.39, 0.29) is 6.10 Å². The van der Waals surface area contributed by atoms with Crippen molar-refractivity contribution >= 4 is 22.5 Å². The molecule has 0 radical (unpaired) electrons. The van der Waals surface area contributed by atoms with Gasteiger partial charge in [0.05, 0.1) is 13.3 Å². The standard InChI is InChI=1S/C25H24N6O2/c1-4-16-7-18-12-27-25(30-24(18)23(8-16)32-3)29-20-9-17(19-13-28-31(2)15-19)10-22(11-20)33-21-5-6-26-14-21/h1,7-13,15,21,26H,5-6,14H2,2-3H3,(H,27,29,30)/t21-/m1/s1. The highest BCUT2D eigenvalue weighted by Crippen LogP contribution is 2.32. The van der Waals surface area contributed by atoms with Crippen molar-refractivity contribution in [3.8, 4) is 35.0 Å². The molecule has 0 unspecified atom stereocenters. The minimum absolute atomic E-state index is 0.147. The second kappa shape index (κ2) is 8.81. The SMILES string of the molecule is C#Cc1cc(OC)c2nc(Nc3cc(O[C@@H]4CCNC4)cc(-c4cnn(C)c4)c3)ncc2c1. The number of nitrogens with zero attached hydrogens (tertiary/aromatic N) is 4. The fourth-order valence-corrected chi connectivity index (χ4v) is 3.94. The fourth-order valence-electron chi connectivity index (χ4n) is 3.94. The zero-order valence-electron chi connectivity index (χ0n) is 18.5. The molecule has 33 heavy (non-hydrogen) atoms. The largest absolute Gasteiger partial charge is 0.494 e. The zero-order chi connectivity index (χ0) is 22.8. The van der Waals surface area contributed by atoms with Gasteiger partial charge in [-0.05, 0) is 42.8 Å². The van der Waals surface area contributed by atoms with Crippen molar-refractivity contribution in [3.05, 3.63) is 54.5 Å². The van der Waals surface area contributed by atoms with E-state index >= 15 is 0 Å². The topological polar surface area (TPSA) is 86.1 Å². The number of benzene rings is 2. The molecule has 0 aliphatic carbocycles. The number of terminal acetylenes is 1. The van der Waals surface area contributed by atoms with Crippen LogP contribution in [0.5, 0.6) is 11.5 Å². The molecule has 2 aromatic carbocycles. The third-order valence-electron chi connectivity index (χ3n) is 5.55. The van der Waals surface area contributed by atoms with Crippen LogP contribution in [0.2, 0.25) is 0 Å². The van der Waals surface area contributed by atoms with Gasteiger partial charge in [0.1, 0.15) is 23.1 Å². The molecule has 4 aromatic rings. The summed E-state index contributed by atoms with van der Waals surface area (Å²) < 4.78 is 13.5. The van der Waals surface area contributed by atoms with Crippen molar-refractivity contribution in [2.75, 3.05) is 25.5 Å². The van der Waals surface area contributed by atoms with Gasteiger partial charge in [0, 0.05) is 54.3 Å². The lowest BCUT2D eigenvalue weighted by atomic mass is 10.1. The monoisotopic (exact) mass is 440 g/mol. The normalized spacial score (nSPS) is 15.4. The Morgan fingerprint density at radius 1 is 1.18 bits per heavy atom. The molecule has 1 saturated heterocycles. The Labute approximate surface area is 192 Å². The predicted molar refractivity (Wildman–Crippen MR) is 128 cm³/mol. The first-order valence-electron chi connectivity index (χ1n) is 10.7. The van der Waals surface area contributed by atoms with Gasteiger partial charge in [-0.1, -0.05) is 5.92 Å². The van der Waals surface area contributed by atoms with E-state index in [0.29, 0.717) is 17.2 Å². The Balaban J connectivity index is 1.51. The smallest absolute Gasteiger partial charge is 0.227 e. The number of aromatic nitrogens is 4. The van der Waals surface area contributed by atoms with Crippen LogP contribution in [0.15, 0.2) is 48.9 Å². The molecule has 5 rings (SSSR count). The summed E-state index contributed by atoms with van der Waals surface area (Å²) in [5, 5.41) is 11.8. The van der Waals surface area contributed by atoms with E-state index in [1.807, 2.05) is 43.7 Å². The van der Waals surface area contributed by atoms with Gasteiger partial charge in [-0.3, -0.25) is 4.68 Å². The second-order valence-corrected chi connectivity index (χ2v) is 7.96. The molecule has 1 fully saturated rings. The molecule has 0 bridgehead atoms. The van der Waals surface area contributed by atoms with Crippen LogP contribution in [0, 0.1) is 12.3 Å². The third-order valence-corrected chi connectivity index (χ3v) is 5.55. The van der Waals surface area contributed by atoms with Gasteiger partial charge in [0.25, 0.3) is 0 Å². The van der Waals surface area contributed by atoms with Gasteiger partial charge in [-0.15, -0.1) is 6.42 Å². The predicted octanol–water partition coefficient (Wildman–Crippen LogP) is 3.50. The van der Waals surface area contributed by atoms with E-state index in [1.165, 1.54) is 0 Å². The molecular formula is C25H24N6O2. The van der Waals surface area contributed by atoms with E-state index in [4.69, 9.17) is 15.9 Å². The highest BCUT2D eigenvalue weighted by molar-refractivity contribution is 5.86. The lowest BCUT2D eigenvalue weighted by Crippen LogP contribution is -2.19. The first-order valence-corrected chi connectivity index (χ1v) is 10.7. The maximum atomic E-state index is 6.25. The Hall–Kier alpha value is -4.09. The van der Waals surface area contributed by atoms with Crippen LogP contribution in [0.1, 0.15) is 12.0 Å². The minimum Gasteiger partial charge on any atom is -0.494 e. The summed E-state index contributed by atoms with van der Waals surface area (Å²) >= 11 is 0. The van der Waals surface area contributed by atoms with Crippen molar-refractivity contribution in [2.45, 2.75) is 12.5 Å². The van der Waals surface area contributed by atoms with E-state index in [2.05, 4.69) is 31.6 Å². The van der Waals surface area contributed by atoms with Crippen LogP contribution in [0.3, 0.4) is 0 Å². The molecule has 1 aliphatic heterocycles. The summed E-state index contributed by atoms with van der Waals surface area (Å²) in [6, 6.07) is 9.69. The fraction of sp³-hybridized carbons (Fsp3) is 0.240.